The summed E-state index contributed by atoms with van der Waals surface area (Å²) in [6.45, 7) is 2.03. The molecular formula is C3H9N3S. The van der Waals surface area contributed by atoms with E-state index in [1.807, 2.05) is 6.92 Å². The Bertz CT molecular complexity index is 59.2. The molecule has 0 aliphatic carbocycles. The number of hydrogen-bond acceptors (Lipinski definition) is 4. The monoisotopic (exact) mass is 119 g/mol. The Morgan fingerprint density at radius 2 is 2.71 bits per heavy atom. The molecule has 0 aromatic rings. The molecule has 0 radical (unpaired) electrons. The molecule has 1 aliphatic rings. The Kier molecular flexibility index (Phi) is 1.53. The number of nitrogens with two attached hydrogens (primary N) is 1. The number of nitrogens with zero attached hydrogens (tertiary/aromatic N) is 1. The summed E-state index contributed by atoms with van der Waals surface area (Å²) in [4.78, 5) is 0. The first-order chi connectivity index (χ1) is 3.30. The summed E-state index contributed by atoms with van der Waals surface area (Å²) in [6.07, 6.45) is 0.338. The minimum Gasteiger partial charge on any atom is -0.290 e. The average molecular weight is 119 g/mol. The fraction of sp³-hybridized carbons (Fsp3) is 1.00. The molecule has 1 atom stereocenters. The third-order valence-corrected chi connectivity index (χ3v) is 1.88. The standard InChI is InChI=1S/C3H9N3S/c1-3-5-2-7-6(3)4/h3,5H,2,4H2,1H3. The lowest BCUT2D eigenvalue weighted by molar-refractivity contribution is 0.372. The van der Waals surface area contributed by atoms with E-state index in [4.69, 9.17) is 5.84 Å². The van der Waals surface area contributed by atoms with Gasteiger partial charge in [0.25, 0.3) is 0 Å². The van der Waals surface area contributed by atoms with Crippen LogP contribution in [0.3, 0.4) is 0 Å². The van der Waals surface area contributed by atoms with Crippen LogP contribution in [0.1, 0.15) is 6.92 Å². The van der Waals surface area contributed by atoms with Crippen molar-refractivity contribution in [2.45, 2.75) is 13.1 Å². The van der Waals surface area contributed by atoms with Gasteiger partial charge in [0.2, 0.25) is 0 Å². The Labute approximate surface area is 47.3 Å². The lowest BCUT2D eigenvalue weighted by Crippen LogP contribution is -2.34. The largest absolute Gasteiger partial charge is 0.290 e. The van der Waals surface area contributed by atoms with Crippen molar-refractivity contribution in [3.05, 3.63) is 0 Å². The normalized spacial score (nSPS) is 34.3. The van der Waals surface area contributed by atoms with Crippen LogP contribution in [0.25, 0.3) is 0 Å². The first-order valence-corrected chi connectivity index (χ1v) is 3.15. The van der Waals surface area contributed by atoms with Crippen LogP contribution in [-0.2, 0) is 0 Å². The van der Waals surface area contributed by atoms with Crippen molar-refractivity contribution in [2.24, 2.45) is 5.84 Å². The highest BCUT2D eigenvalue weighted by atomic mass is 32.2. The first kappa shape index (κ1) is 5.37. The first-order valence-electron chi connectivity index (χ1n) is 2.21. The van der Waals surface area contributed by atoms with Gasteiger partial charge in [0.15, 0.2) is 0 Å². The summed E-state index contributed by atoms with van der Waals surface area (Å²) in [6, 6.07) is 0. The van der Waals surface area contributed by atoms with E-state index < -0.39 is 0 Å². The third kappa shape index (κ3) is 1.07. The van der Waals surface area contributed by atoms with Gasteiger partial charge in [-0.2, -0.15) is 4.41 Å². The van der Waals surface area contributed by atoms with E-state index in [2.05, 4.69) is 5.32 Å². The maximum Gasteiger partial charge on any atom is 0.0823 e. The summed E-state index contributed by atoms with van der Waals surface area (Å²) in [5.41, 5.74) is 0. The van der Waals surface area contributed by atoms with Gasteiger partial charge in [-0.3, -0.25) is 11.2 Å². The van der Waals surface area contributed by atoms with E-state index in [0.29, 0.717) is 6.17 Å². The van der Waals surface area contributed by atoms with Crippen molar-refractivity contribution in [3.63, 3.8) is 0 Å². The van der Waals surface area contributed by atoms with Gasteiger partial charge in [0.1, 0.15) is 0 Å². The molecule has 4 heteroatoms. The summed E-state index contributed by atoms with van der Waals surface area (Å²) < 4.78 is 1.71. The van der Waals surface area contributed by atoms with Crippen molar-refractivity contribution in [1.29, 1.82) is 0 Å². The molecule has 3 N–H and O–H groups in total. The fourth-order valence-electron chi connectivity index (χ4n) is 0.434. The van der Waals surface area contributed by atoms with Crippen LogP contribution in [-0.4, -0.2) is 16.5 Å². The number of hydrazine groups is 1. The summed E-state index contributed by atoms with van der Waals surface area (Å²) in [7, 11) is 0. The second-order valence-electron chi connectivity index (χ2n) is 1.51. The smallest absolute Gasteiger partial charge is 0.0823 e. The second-order valence-corrected chi connectivity index (χ2v) is 2.48. The van der Waals surface area contributed by atoms with Gasteiger partial charge in [-0.05, 0) is 18.9 Å². The SMILES string of the molecule is CC1NCSN1N. The van der Waals surface area contributed by atoms with Crippen LogP contribution in [0.15, 0.2) is 0 Å². The maximum absolute atomic E-state index is 5.41. The van der Waals surface area contributed by atoms with Crippen LogP contribution in [0, 0.1) is 0 Å². The van der Waals surface area contributed by atoms with Gasteiger partial charge in [-0.25, -0.2) is 0 Å². The van der Waals surface area contributed by atoms with Gasteiger partial charge >= 0.3 is 0 Å². The summed E-state index contributed by atoms with van der Waals surface area (Å²) in [5, 5.41) is 3.13. The quantitative estimate of drug-likeness (QED) is 0.340. The molecule has 3 nitrogen and oxygen atoms in total. The molecule has 1 saturated heterocycles. The van der Waals surface area contributed by atoms with E-state index in [1.54, 1.807) is 16.4 Å². The molecule has 1 rings (SSSR count). The van der Waals surface area contributed by atoms with Gasteiger partial charge in [-0.15, -0.1) is 0 Å². The van der Waals surface area contributed by atoms with Crippen molar-refractivity contribution in [3.8, 4) is 0 Å². The van der Waals surface area contributed by atoms with Crippen LogP contribution in [0.2, 0.25) is 0 Å². The zero-order chi connectivity index (χ0) is 5.28. The van der Waals surface area contributed by atoms with E-state index in [0.717, 1.165) is 5.88 Å². The van der Waals surface area contributed by atoms with Crippen molar-refractivity contribution >= 4 is 11.9 Å². The Hall–Kier alpha value is 0.230. The minimum atomic E-state index is 0.338. The van der Waals surface area contributed by atoms with E-state index in [9.17, 15) is 0 Å². The van der Waals surface area contributed by atoms with Gasteiger partial charge in [0.05, 0.1) is 12.0 Å². The number of rotatable bonds is 0. The molecule has 0 amide bonds. The van der Waals surface area contributed by atoms with Gasteiger partial charge in [0, 0.05) is 0 Å². The molecule has 0 aromatic carbocycles. The molecular weight excluding hydrogens is 110 g/mol. The Balaban J connectivity index is 2.33. The van der Waals surface area contributed by atoms with Crippen LogP contribution < -0.4 is 11.2 Å². The Morgan fingerprint density at radius 3 is 2.86 bits per heavy atom. The summed E-state index contributed by atoms with van der Waals surface area (Å²) in [5.74, 6) is 6.35. The molecule has 0 spiro atoms. The second kappa shape index (κ2) is 2.00. The predicted octanol–water partition coefficient (Wildman–Crippen LogP) is -0.283. The highest BCUT2D eigenvalue weighted by molar-refractivity contribution is 7.97. The third-order valence-electron chi connectivity index (χ3n) is 0.974. The molecule has 1 heterocycles. The lowest BCUT2D eigenvalue weighted by atomic mass is 10.6. The van der Waals surface area contributed by atoms with Gasteiger partial charge < -0.3 is 0 Å². The predicted molar refractivity (Wildman–Crippen MR) is 31.1 cm³/mol. The zero-order valence-corrected chi connectivity index (χ0v) is 5.03. The van der Waals surface area contributed by atoms with Crippen LogP contribution >= 0.6 is 11.9 Å². The van der Waals surface area contributed by atoms with Crippen LogP contribution in [0.4, 0.5) is 0 Å². The number of nitrogens with one attached hydrogen (secondary N) is 1. The van der Waals surface area contributed by atoms with Crippen molar-refractivity contribution < 1.29 is 0 Å². The molecule has 0 bridgehead atoms. The molecule has 1 unspecified atom stereocenters. The highest BCUT2D eigenvalue weighted by Gasteiger charge is 2.15. The molecule has 1 aliphatic heterocycles. The van der Waals surface area contributed by atoms with Gasteiger partial charge in [-0.1, -0.05) is 0 Å². The average Bonchev–Trinajstić information content (AvgIpc) is 1.91. The minimum absolute atomic E-state index is 0.338. The number of hydrogen-bond donors (Lipinski definition) is 2. The molecule has 42 valence electrons. The van der Waals surface area contributed by atoms with E-state index in [1.165, 1.54) is 0 Å². The highest BCUT2D eigenvalue weighted by Crippen LogP contribution is 2.11. The molecule has 1 fully saturated rings. The molecule has 7 heavy (non-hydrogen) atoms. The maximum atomic E-state index is 5.41. The van der Waals surface area contributed by atoms with E-state index in [-0.39, 0.29) is 0 Å². The fourth-order valence-corrected chi connectivity index (χ4v) is 1.20. The summed E-state index contributed by atoms with van der Waals surface area (Å²) >= 11 is 1.61. The topological polar surface area (TPSA) is 41.3 Å². The van der Waals surface area contributed by atoms with E-state index >= 15 is 0 Å². The molecule has 0 aromatic heterocycles. The lowest BCUT2D eigenvalue weighted by Gasteiger charge is -2.09. The van der Waals surface area contributed by atoms with Crippen molar-refractivity contribution in [1.82, 2.24) is 9.73 Å². The zero-order valence-electron chi connectivity index (χ0n) is 4.22. The Morgan fingerprint density at radius 1 is 2.00 bits per heavy atom. The van der Waals surface area contributed by atoms with Crippen LogP contribution in [0.5, 0.6) is 0 Å². The van der Waals surface area contributed by atoms with Crippen molar-refractivity contribution in [2.75, 3.05) is 5.88 Å². The molecule has 0 saturated carbocycles.